The van der Waals surface area contributed by atoms with Gasteiger partial charge in [0.1, 0.15) is 0 Å². The van der Waals surface area contributed by atoms with Crippen molar-refractivity contribution in [1.29, 1.82) is 0 Å². The first kappa shape index (κ1) is 20.5. The number of rotatable bonds is 9. The Kier molecular flexibility index (Phi) is 8.79. The number of methoxy groups -OCH3 is 1. The van der Waals surface area contributed by atoms with Gasteiger partial charge in [0.2, 0.25) is 0 Å². The van der Waals surface area contributed by atoms with Gasteiger partial charge in [-0.05, 0) is 38.5 Å². The van der Waals surface area contributed by atoms with E-state index in [4.69, 9.17) is 21.1 Å². The Bertz CT molecular complexity index is 548. The predicted molar refractivity (Wildman–Crippen MR) is 94.2 cm³/mol. The van der Waals surface area contributed by atoms with E-state index < -0.39 is 5.92 Å². The lowest BCUT2D eigenvalue weighted by Gasteiger charge is -2.25. The van der Waals surface area contributed by atoms with E-state index in [1.807, 2.05) is 13.8 Å². The largest absolute Gasteiger partial charge is 0.469 e. The van der Waals surface area contributed by atoms with E-state index >= 15 is 0 Å². The molecule has 1 aromatic rings. The number of hydrogen-bond acceptors (Lipinski definition) is 4. The molecule has 0 aliphatic heterocycles. The van der Waals surface area contributed by atoms with Gasteiger partial charge in [-0.15, -0.1) is 0 Å². The van der Waals surface area contributed by atoms with Gasteiger partial charge in [-0.1, -0.05) is 24.6 Å². The van der Waals surface area contributed by atoms with Crippen molar-refractivity contribution in [2.24, 2.45) is 5.92 Å². The molecule has 0 heterocycles. The summed E-state index contributed by atoms with van der Waals surface area (Å²) in [6, 6.07) is 6.80. The molecule has 1 aromatic carbocycles. The standard InChI is InChI=1S/C18H26ClNO4/c1-13(2)24-10-6-9-20(12-14(3)18(22)23-4)17(21)15-7-5-8-16(19)11-15/h5,7-8,11,13-14H,6,9-10,12H2,1-4H3. The molecule has 0 aliphatic rings. The maximum absolute atomic E-state index is 12.7. The molecule has 1 rings (SSSR count). The maximum Gasteiger partial charge on any atom is 0.310 e. The van der Waals surface area contributed by atoms with Crippen LogP contribution in [-0.4, -0.2) is 49.7 Å². The summed E-state index contributed by atoms with van der Waals surface area (Å²) in [7, 11) is 1.35. The van der Waals surface area contributed by atoms with E-state index in [2.05, 4.69) is 0 Å². The van der Waals surface area contributed by atoms with Gasteiger partial charge in [0, 0.05) is 30.3 Å². The number of ether oxygens (including phenoxy) is 2. The Balaban J connectivity index is 2.78. The fourth-order valence-electron chi connectivity index (χ4n) is 2.26. The summed E-state index contributed by atoms with van der Waals surface area (Å²) in [4.78, 5) is 26.1. The average molecular weight is 356 g/mol. The normalized spacial score (nSPS) is 12.1. The second-order valence-electron chi connectivity index (χ2n) is 5.96. The van der Waals surface area contributed by atoms with Crippen LogP contribution in [0, 0.1) is 5.92 Å². The third-order valence-electron chi connectivity index (χ3n) is 3.48. The quantitative estimate of drug-likeness (QED) is 0.503. The van der Waals surface area contributed by atoms with Crippen molar-refractivity contribution in [3.05, 3.63) is 34.9 Å². The molecular weight excluding hydrogens is 330 g/mol. The highest BCUT2D eigenvalue weighted by Gasteiger charge is 2.22. The lowest BCUT2D eigenvalue weighted by Crippen LogP contribution is -2.38. The van der Waals surface area contributed by atoms with Crippen LogP contribution >= 0.6 is 11.6 Å². The second-order valence-corrected chi connectivity index (χ2v) is 6.40. The lowest BCUT2D eigenvalue weighted by atomic mass is 10.1. The molecule has 0 spiro atoms. The van der Waals surface area contributed by atoms with Crippen LogP contribution in [0.4, 0.5) is 0 Å². The number of esters is 1. The van der Waals surface area contributed by atoms with Gasteiger partial charge < -0.3 is 14.4 Å². The molecule has 0 fully saturated rings. The van der Waals surface area contributed by atoms with E-state index in [0.29, 0.717) is 36.7 Å². The van der Waals surface area contributed by atoms with E-state index in [1.165, 1.54) is 7.11 Å². The van der Waals surface area contributed by atoms with Crippen LogP contribution in [0.25, 0.3) is 0 Å². The highest BCUT2D eigenvalue weighted by molar-refractivity contribution is 6.30. The molecule has 6 heteroatoms. The number of carbonyl (C=O) groups excluding carboxylic acids is 2. The molecule has 0 aliphatic carbocycles. The van der Waals surface area contributed by atoms with Crippen molar-refractivity contribution in [3.63, 3.8) is 0 Å². The summed E-state index contributed by atoms with van der Waals surface area (Å²) in [5, 5.41) is 0.505. The van der Waals surface area contributed by atoms with E-state index in [9.17, 15) is 9.59 Å². The van der Waals surface area contributed by atoms with Crippen LogP contribution in [0.15, 0.2) is 24.3 Å². The highest BCUT2D eigenvalue weighted by Crippen LogP contribution is 2.14. The molecule has 0 N–H and O–H groups in total. The fourth-order valence-corrected chi connectivity index (χ4v) is 2.45. The SMILES string of the molecule is COC(=O)C(C)CN(CCCOC(C)C)C(=O)c1cccc(Cl)c1. The fraction of sp³-hybridized carbons (Fsp3) is 0.556. The zero-order chi connectivity index (χ0) is 18.1. The summed E-state index contributed by atoms with van der Waals surface area (Å²) < 4.78 is 10.3. The number of benzene rings is 1. The van der Waals surface area contributed by atoms with Crippen LogP contribution in [-0.2, 0) is 14.3 Å². The Morgan fingerprint density at radius 1 is 1.25 bits per heavy atom. The number of hydrogen-bond donors (Lipinski definition) is 0. The van der Waals surface area contributed by atoms with E-state index in [0.717, 1.165) is 0 Å². The minimum absolute atomic E-state index is 0.149. The summed E-state index contributed by atoms with van der Waals surface area (Å²) >= 11 is 5.97. The third kappa shape index (κ3) is 6.89. The topological polar surface area (TPSA) is 55.8 Å². The van der Waals surface area contributed by atoms with E-state index in [1.54, 1.807) is 36.1 Å². The molecule has 5 nitrogen and oxygen atoms in total. The van der Waals surface area contributed by atoms with Crippen molar-refractivity contribution >= 4 is 23.5 Å². The number of nitrogens with zero attached hydrogens (tertiary/aromatic N) is 1. The summed E-state index contributed by atoms with van der Waals surface area (Å²) in [6.07, 6.45) is 0.842. The molecular formula is C18H26ClNO4. The van der Waals surface area contributed by atoms with Gasteiger partial charge in [-0.3, -0.25) is 9.59 Å². The first-order chi connectivity index (χ1) is 11.3. The van der Waals surface area contributed by atoms with Gasteiger partial charge in [-0.25, -0.2) is 0 Å². The average Bonchev–Trinajstić information content (AvgIpc) is 2.55. The second kappa shape index (κ2) is 10.3. The van der Waals surface area contributed by atoms with Crippen LogP contribution < -0.4 is 0 Å². The first-order valence-corrected chi connectivity index (χ1v) is 8.47. The van der Waals surface area contributed by atoms with Crippen molar-refractivity contribution in [3.8, 4) is 0 Å². The maximum atomic E-state index is 12.7. The molecule has 0 aromatic heterocycles. The van der Waals surface area contributed by atoms with Gasteiger partial charge in [0.05, 0.1) is 19.1 Å². The van der Waals surface area contributed by atoms with Crippen molar-refractivity contribution in [1.82, 2.24) is 4.90 Å². The van der Waals surface area contributed by atoms with E-state index in [-0.39, 0.29) is 18.0 Å². The molecule has 1 atom stereocenters. The molecule has 0 bridgehead atoms. The molecule has 134 valence electrons. The Hall–Kier alpha value is -1.59. The smallest absolute Gasteiger partial charge is 0.310 e. The zero-order valence-electron chi connectivity index (χ0n) is 14.8. The molecule has 0 radical (unpaired) electrons. The number of carbonyl (C=O) groups is 2. The van der Waals surface area contributed by atoms with Crippen molar-refractivity contribution in [2.45, 2.75) is 33.3 Å². The number of halogens is 1. The minimum Gasteiger partial charge on any atom is -0.469 e. The van der Waals surface area contributed by atoms with Gasteiger partial charge in [0.25, 0.3) is 5.91 Å². The van der Waals surface area contributed by atoms with Gasteiger partial charge in [-0.2, -0.15) is 0 Å². The molecule has 1 amide bonds. The van der Waals surface area contributed by atoms with Crippen LogP contribution in [0.3, 0.4) is 0 Å². The van der Waals surface area contributed by atoms with Crippen LogP contribution in [0.2, 0.25) is 5.02 Å². The summed E-state index contributed by atoms with van der Waals surface area (Å²) in [5.74, 6) is -0.890. The zero-order valence-corrected chi connectivity index (χ0v) is 15.5. The minimum atomic E-state index is -0.399. The monoisotopic (exact) mass is 355 g/mol. The Morgan fingerprint density at radius 3 is 2.54 bits per heavy atom. The first-order valence-electron chi connectivity index (χ1n) is 8.09. The lowest BCUT2D eigenvalue weighted by molar-refractivity contribution is -0.145. The van der Waals surface area contributed by atoms with Gasteiger partial charge >= 0.3 is 5.97 Å². The number of amides is 1. The van der Waals surface area contributed by atoms with Gasteiger partial charge in [0.15, 0.2) is 0 Å². The van der Waals surface area contributed by atoms with Crippen LogP contribution in [0.1, 0.15) is 37.6 Å². The van der Waals surface area contributed by atoms with Crippen molar-refractivity contribution < 1.29 is 19.1 Å². The van der Waals surface area contributed by atoms with Crippen LogP contribution in [0.5, 0.6) is 0 Å². The molecule has 0 saturated heterocycles. The molecule has 1 unspecified atom stereocenters. The Labute approximate surface area is 148 Å². The molecule has 0 saturated carbocycles. The van der Waals surface area contributed by atoms with Crippen molar-refractivity contribution in [2.75, 3.05) is 26.8 Å². The Morgan fingerprint density at radius 2 is 1.96 bits per heavy atom. The predicted octanol–water partition coefficient (Wildman–Crippen LogP) is 3.41. The summed E-state index contributed by atoms with van der Waals surface area (Å²) in [5.41, 5.74) is 0.504. The highest BCUT2D eigenvalue weighted by atomic mass is 35.5. The summed E-state index contributed by atoms with van der Waals surface area (Å²) in [6.45, 7) is 7.03. The molecule has 24 heavy (non-hydrogen) atoms. The third-order valence-corrected chi connectivity index (χ3v) is 3.72.